The highest BCUT2D eigenvalue weighted by Crippen LogP contribution is 2.48. The third-order valence-electron chi connectivity index (χ3n) is 3.91. The van der Waals surface area contributed by atoms with Gasteiger partial charge in [-0.2, -0.15) is 18.4 Å². The van der Waals surface area contributed by atoms with Crippen LogP contribution in [-0.4, -0.2) is 20.3 Å². The number of hydrogen-bond acceptors (Lipinski definition) is 3. The van der Waals surface area contributed by atoms with Gasteiger partial charge >= 0.3 is 6.18 Å². The second-order valence-electron chi connectivity index (χ2n) is 5.47. The molecule has 114 valence electrons. The molecule has 1 fully saturated rings. The molecule has 1 aromatic rings. The second kappa shape index (κ2) is 5.94. The van der Waals surface area contributed by atoms with Crippen LogP contribution in [0, 0.1) is 16.7 Å². The lowest BCUT2D eigenvalue weighted by atomic mass is 10.0. The normalized spacial score (nSPS) is 16.3. The van der Waals surface area contributed by atoms with Crippen molar-refractivity contribution in [3.8, 4) is 6.07 Å². The number of nitrogens with zero attached hydrogens (tertiary/aromatic N) is 1. The van der Waals surface area contributed by atoms with Crippen LogP contribution in [0.15, 0.2) is 18.2 Å². The molecule has 2 rings (SSSR count). The molecule has 0 radical (unpaired) electrons. The van der Waals surface area contributed by atoms with Gasteiger partial charge in [0.15, 0.2) is 0 Å². The summed E-state index contributed by atoms with van der Waals surface area (Å²) in [5.41, 5.74) is -0.514. The first-order valence-electron chi connectivity index (χ1n) is 6.74. The lowest BCUT2D eigenvalue weighted by molar-refractivity contribution is -0.137. The standard InChI is InChI=1S/C15H17F3N2O/c1-21-7-6-14(4-5-14)10-20-12-2-3-13(15(16,17)18)11(8-12)9-19/h2-3,8,20H,4-7,10H2,1H3. The van der Waals surface area contributed by atoms with Crippen molar-refractivity contribution < 1.29 is 17.9 Å². The number of benzene rings is 1. The van der Waals surface area contributed by atoms with Crippen LogP contribution in [-0.2, 0) is 10.9 Å². The summed E-state index contributed by atoms with van der Waals surface area (Å²) in [7, 11) is 1.65. The SMILES string of the molecule is COCCC1(CNc2ccc(C(F)(F)F)c(C#N)c2)CC1. The molecule has 3 nitrogen and oxygen atoms in total. The third kappa shape index (κ3) is 3.88. The van der Waals surface area contributed by atoms with Gasteiger partial charge in [-0.05, 0) is 42.9 Å². The fourth-order valence-corrected chi connectivity index (χ4v) is 2.29. The maximum Gasteiger partial charge on any atom is 0.417 e. The zero-order valence-corrected chi connectivity index (χ0v) is 11.8. The van der Waals surface area contributed by atoms with Crippen molar-refractivity contribution in [3.05, 3.63) is 29.3 Å². The van der Waals surface area contributed by atoms with Crippen LogP contribution in [0.3, 0.4) is 0 Å². The molecule has 0 atom stereocenters. The zero-order chi connectivity index (χ0) is 15.5. The molecule has 6 heteroatoms. The molecule has 21 heavy (non-hydrogen) atoms. The molecule has 1 aliphatic carbocycles. The first kappa shape index (κ1) is 15.6. The number of hydrogen-bond donors (Lipinski definition) is 1. The van der Waals surface area contributed by atoms with E-state index in [9.17, 15) is 13.2 Å². The Morgan fingerprint density at radius 3 is 2.62 bits per heavy atom. The summed E-state index contributed by atoms with van der Waals surface area (Å²) in [5, 5.41) is 12.0. The summed E-state index contributed by atoms with van der Waals surface area (Å²) in [6.45, 7) is 1.37. The third-order valence-corrected chi connectivity index (χ3v) is 3.91. The van der Waals surface area contributed by atoms with Crippen molar-refractivity contribution >= 4 is 5.69 Å². The van der Waals surface area contributed by atoms with Crippen LogP contribution in [0.1, 0.15) is 30.4 Å². The van der Waals surface area contributed by atoms with E-state index in [1.54, 1.807) is 13.2 Å². The Labute approximate surface area is 121 Å². The predicted octanol–water partition coefficient (Wildman–Crippen LogP) is 3.81. The van der Waals surface area contributed by atoms with Gasteiger partial charge in [0.05, 0.1) is 17.2 Å². The Hall–Kier alpha value is -1.74. The van der Waals surface area contributed by atoms with Crippen LogP contribution in [0.4, 0.5) is 18.9 Å². The van der Waals surface area contributed by atoms with Gasteiger partial charge in [-0.25, -0.2) is 0 Å². The second-order valence-corrected chi connectivity index (χ2v) is 5.47. The van der Waals surface area contributed by atoms with Crippen LogP contribution in [0.2, 0.25) is 0 Å². The zero-order valence-electron chi connectivity index (χ0n) is 11.8. The predicted molar refractivity (Wildman–Crippen MR) is 72.8 cm³/mol. The topological polar surface area (TPSA) is 45.0 Å². The van der Waals surface area contributed by atoms with Gasteiger partial charge in [0.2, 0.25) is 0 Å². The number of halogens is 3. The molecule has 0 saturated heterocycles. The van der Waals surface area contributed by atoms with Gasteiger partial charge < -0.3 is 10.1 Å². The Balaban J connectivity index is 2.04. The molecule has 0 spiro atoms. The minimum Gasteiger partial charge on any atom is -0.385 e. The summed E-state index contributed by atoms with van der Waals surface area (Å²) < 4.78 is 43.2. The molecule has 0 aromatic heterocycles. The minimum atomic E-state index is -4.50. The first-order valence-corrected chi connectivity index (χ1v) is 6.74. The molecule has 0 bridgehead atoms. The van der Waals surface area contributed by atoms with E-state index in [0.717, 1.165) is 25.3 Å². The van der Waals surface area contributed by atoms with E-state index in [-0.39, 0.29) is 11.0 Å². The van der Waals surface area contributed by atoms with Crippen LogP contribution < -0.4 is 5.32 Å². The Bertz CT molecular complexity index is 545. The summed E-state index contributed by atoms with van der Waals surface area (Å²) in [4.78, 5) is 0. The molecule has 1 aromatic carbocycles. The molecule has 0 amide bonds. The molecule has 0 aliphatic heterocycles. The van der Waals surface area contributed by atoms with Crippen molar-refractivity contribution in [2.45, 2.75) is 25.4 Å². The van der Waals surface area contributed by atoms with E-state index < -0.39 is 11.7 Å². The minimum absolute atomic E-state index is 0.186. The average molecular weight is 298 g/mol. The fourth-order valence-electron chi connectivity index (χ4n) is 2.29. The van der Waals surface area contributed by atoms with E-state index in [1.165, 1.54) is 12.1 Å². The highest BCUT2D eigenvalue weighted by molar-refractivity contribution is 5.53. The monoisotopic (exact) mass is 298 g/mol. The molecular weight excluding hydrogens is 281 g/mol. The van der Waals surface area contributed by atoms with Gasteiger partial charge in [0.25, 0.3) is 0 Å². The largest absolute Gasteiger partial charge is 0.417 e. The maximum absolute atomic E-state index is 12.7. The van der Waals surface area contributed by atoms with Crippen LogP contribution in [0.5, 0.6) is 0 Å². The Kier molecular flexibility index (Phi) is 4.43. The van der Waals surface area contributed by atoms with Crippen LogP contribution in [0.25, 0.3) is 0 Å². The number of ether oxygens (including phenoxy) is 1. The number of anilines is 1. The van der Waals surface area contributed by atoms with Gasteiger partial charge in [0.1, 0.15) is 0 Å². The van der Waals surface area contributed by atoms with E-state index in [4.69, 9.17) is 10.00 Å². The molecule has 1 saturated carbocycles. The lowest BCUT2D eigenvalue weighted by Crippen LogP contribution is -2.17. The van der Waals surface area contributed by atoms with E-state index in [0.29, 0.717) is 18.8 Å². The molecule has 1 aliphatic rings. The van der Waals surface area contributed by atoms with E-state index in [2.05, 4.69) is 5.32 Å². The van der Waals surface area contributed by atoms with Crippen molar-refractivity contribution in [3.63, 3.8) is 0 Å². The molecule has 1 N–H and O–H groups in total. The van der Waals surface area contributed by atoms with Crippen molar-refractivity contribution in [1.82, 2.24) is 0 Å². The van der Waals surface area contributed by atoms with Crippen molar-refractivity contribution in [1.29, 1.82) is 5.26 Å². The number of alkyl halides is 3. The number of methoxy groups -OCH3 is 1. The van der Waals surface area contributed by atoms with Crippen molar-refractivity contribution in [2.75, 3.05) is 25.6 Å². The van der Waals surface area contributed by atoms with Crippen LogP contribution >= 0.6 is 0 Å². The Morgan fingerprint density at radius 2 is 2.10 bits per heavy atom. The molecule has 0 unspecified atom stereocenters. The number of nitriles is 1. The highest BCUT2D eigenvalue weighted by atomic mass is 19.4. The van der Waals surface area contributed by atoms with Gasteiger partial charge in [-0.3, -0.25) is 0 Å². The quantitative estimate of drug-likeness (QED) is 0.868. The molecular formula is C15H17F3N2O. The summed E-state index contributed by atoms with van der Waals surface area (Å²) in [6.07, 6.45) is -1.38. The molecule has 0 heterocycles. The first-order chi connectivity index (χ1) is 9.90. The Morgan fingerprint density at radius 1 is 1.38 bits per heavy atom. The summed E-state index contributed by atoms with van der Waals surface area (Å²) in [6, 6.07) is 5.19. The van der Waals surface area contributed by atoms with Gasteiger partial charge in [-0.15, -0.1) is 0 Å². The van der Waals surface area contributed by atoms with E-state index >= 15 is 0 Å². The number of nitrogens with one attached hydrogen (secondary N) is 1. The fraction of sp³-hybridized carbons (Fsp3) is 0.533. The highest BCUT2D eigenvalue weighted by Gasteiger charge is 2.41. The van der Waals surface area contributed by atoms with Gasteiger partial charge in [0, 0.05) is 25.9 Å². The lowest BCUT2D eigenvalue weighted by Gasteiger charge is -2.17. The summed E-state index contributed by atoms with van der Waals surface area (Å²) >= 11 is 0. The average Bonchev–Trinajstić information content (AvgIpc) is 3.22. The van der Waals surface area contributed by atoms with Gasteiger partial charge in [-0.1, -0.05) is 0 Å². The maximum atomic E-state index is 12.7. The number of rotatable bonds is 6. The smallest absolute Gasteiger partial charge is 0.385 e. The summed E-state index contributed by atoms with van der Waals surface area (Å²) in [5.74, 6) is 0. The van der Waals surface area contributed by atoms with E-state index in [1.807, 2.05) is 0 Å². The van der Waals surface area contributed by atoms with Crippen molar-refractivity contribution in [2.24, 2.45) is 5.41 Å².